The van der Waals surface area contributed by atoms with Crippen LogP contribution in [0.4, 0.5) is 11.9 Å². The van der Waals surface area contributed by atoms with Crippen LogP contribution in [-0.4, -0.2) is 43.5 Å². The highest BCUT2D eigenvalue weighted by Crippen LogP contribution is 2.14. The molecule has 0 fully saturated rings. The van der Waals surface area contributed by atoms with Gasteiger partial charge in [-0.3, -0.25) is 0 Å². The van der Waals surface area contributed by atoms with Crippen molar-refractivity contribution in [2.45, 2.75) is 39.5 Å². The van der Waals surface area contributed by atoms with Crippen molar-refractivity contribution in [1.29, 1.82) is 0 Å². The van der Waals surface area contributed by atoms with E-state index in [4.69, 9.17) is 0 Å². The van der Waals surface area contributed by atoms with E-state index in [9.17, 15) is 0 Å². The Labute approximate surface area is 130 Å². The maximum atomic E-state index is 4.41. The Morgan fingerprint density at radius 2 is 1.23 bits per heavy atom. The molecule has 8 heteroatoms. The zero-order chi connectivity index (χ0) is 15.6. The van der Waals surface area contributed by atoms with Crippen LogP contribution in [-0.2, 0) is 0 Å². The van der Waals surface area contributed by atoms with Gasteiger partial charge in [0.15, 0.2) is 0 Å². The second-order valence-corrected chi connectivity index (χ2v) is 4.89. The fraction of sp³-hybridized carbons (Fsp3) is 0.571. The average molecular weight is 302 g/mol. The smallest absolute Gasteiger partial charge is 0.243 e. The molecule has 0 saturated heterocycles. The second-order valence-electron chi connectivity index (χ2n) is 4.89. The minimum Gasteiger partial charge on any atom is -0.353 e. The topological polar surface area (TPSA) is 101 Å². The molecule has 2 aromatic rings. The molecule has 2 heterocycles. The molecule has 22 heavy (non-hydrogen) atoms. The van der Waals surface area contributed by atoms with Crippen molar-refractivity contribution >= 4 is 11.9 Å². The van der Waals surface area contributed by atoms with Crippen LogP contribution < -0.4 is 10.6 Å². The summed E-state index contributed by atoms with van der Waals surface area (Å²) < 4.78 is 0. The number of anilines is 2. The van der Waals surface area contributed by atoms with Gasteiger partial charge in [0.1, 0.15) is 11.4 Å². The fourth-order valence-electron chi connectivity index (χ4n) is 1.76. The Morgan fingerprint density at radius 3 is 1.64 bits per heavy atom. The molecule has 0 bridgehead atoms. The molecule has 2 N–H and O–H groups in total. The average Bonchev–Trinajstić information content (AvgIpc) is 2.56. The summed E-state index contributed by atoms with van der Waals surface area (Å²) in [4.78, 5) is 8.82. The van der Waals surface area contributed by atoms with Gasteiger partial charge in [-0.2, -0.15) is 10.2 Å². The van der Waals surface area contributed by atoms with Crippen molar-refractivity contribution in [3.05, 3.63) is 12.4 Å². The lowest BCUT2D eigenvalue weighted by Crippen LogP contribution is -2.08. The van der Waals surface area contributed by atoms with Gasteiger partial charge in [0, 0.05) is 13.1 Å². The minimum atomic E-state index is 0.505. The van der Waals surface area contributed by atoms with E-state index in [1.54, 1.807) is 12.4 Å². The van der Waals surface area contributed by atoms with E-state index >= 15 is 0 Å². The number of rotatable bonds is 9. The van der Waals surface area contributed by atoms with Crippen molar-refractivity contribution in [3.63, 3.8) is 0 Å². The molecule has 2 aromatic heterocycles. The molecule has 2 rings (SSSR count). The molecule has 0 radical (unpaired) electrons. The summed E-state index contributed by atoms with van der Waals surface area (Å²) in [5.41, 5.74) is 1.25. The molecule has 0 aliphatic carbocycles. The Morgan fingerprint density at radius 1 is 0.773 bits per heavy atom. The first kappa shape index (κ1) is 16.0. The van der Waals surface area contributed by atoms with E-state index in [-0.39, 0.29) is 0 Å². The van der Waals surface area contributed by atoms with E-state index in [0.717, 1.165) is 38.8 Å². The van der Waals surface area contributed by atoms with Crippen LogP contribution in [0.5, 0.6) is 0 Å². The van der Waals surface area contributed by atoms with Gasteiger partial charge in [0.05, 0.1) is 12.4 Å². The molecular weight excluding hydrogens is 280 g/mol. The van der Waals surface area contributed by atoms with E-state index in [0.29, 0.717) is 23.3 Å². The molecule has 8 nitrogen and oxygen atoms in total. The van der Waals surface area contributed by atoms with Crippen LogP contribution in [0, 0.1) is 0 Å². The van der Waals surface area contributed by atoms with Crippen molar-refractivity contribution in [3.8, 4) is 11.4 Å². The summed E-state index contributed by atoms with van der Waals surface area (Å²) in [6.45, 7) is 5.93. The molecule has 0 atom stereocenters. The van der Waals surface area contributed by atoms with Crippen molar-refractivity contribution in [1.82, 2.24) is 30.4 Å². The van der Waals surface area contributed by atoms with Gasteiger partial charge in [-0.1, -0.05) is 26.7 Å². The van der Waals surface area contributed by atoms with Crippen molar-refractivity contribution in [2.24, 2.45) is 0 Å². The number of unbranched alkanes of at least 4 members (excludes halogenated alkanes) is 2. The third-order valence-corrected chi connectivity index (χ3v) is 3.01. The molecule has 0 aromatic carbocycles. The van der Waals surface area contributed by atoms with Gasteiger partial charge >= 0.3 is 0 Å². The van der Waals surface area contributed by atoms with Crippen molar-refractivity contribution < 1.29 is 0 Å². The maximum Gasteiger partial charge on any atom is 0.243 e. The zero-order valence-electron chi connectivity index (χ0n) is 13.1. The Bertz CT molecular complexity index is 523. The van der Waals surface area contributed by atoms with Crippen molar-refractivity contribution in [2.75, 3.05) is 23.7 Å². The number of hydrogen-bond donors (Lipinski definition) is 2. The van der Waals surface area contributed by atoms with Gasteiger partial charge in [-0.05, 0) is 12.8 Å². The lowest BCUT2D eigenvalue weighted by atomic mass is 10.3. The van der Waals surface area contributed by atoms with Crippen LogP contribution in [0.2, 0.25) is 0 Å². The van der Waals surface area contributed by atoms with E-state index in [2.05, 4.69) is 54.8 Å². The SMILES string of the molecule is CCCCNc1nncc(-c2cnnc(NCCCC)n2)n1. The molecule has 0 saturated carbocycles. The minimum absolute atomic E-state index is 0.505. The molecular formula is C14H22N8. The first-order valence-corrected chi connectivity index (χ1v) is 7.71. The first-order chi connectivity index (χ1) is 10.8. The number of hydrogen-bond acceptors (Lipinski definition) is 8. The molecule has 0 amide bonds. The predicted molar refractivity (Wildman–Crippen MR) is 85.4 cm³/mol. The highest BCUT2D eigenvalue weighted by Gasteiger charge is 2.07. The van der Waals surface area contributed by atoms with Gasteiger partial charge < -0.3 is 10.6 Å². The highest BCUT2D eigenvalue weighted by atomic mass is 15.3. The van der Waals surface area contributed by atoms with Crippen LogP contribution in [0.25, 0.3) is 11.4 Å². The lowest BCUT2D eigenvalue weighted by molar-refractivity contribution is 0.816. The summed E-state index contributed by atoms with van der Waals surface area (Å²) >= 11 is 0. The summed E-state index contributed by atoms with van der Waals surface area (Å²) in [5.74, 6) is 1.01. The van der Waals surface area contributed by atoms with Crippen LogP contribution in [0.15, 0.2) is 12.4 Å². The Kier molecular flexibility index (Phi) is 6.40. The number of nitrogens with one attached hydrogen (secondary N) is 2. The van der Waals surface area contributed by atoms with Gasteiger partial charge in [-0.15, -0.1) is 10.2 Å². The summed E-state index contributed by atoms with van der Waals surface area (Å²) in [5, 5.41) is 22.2. The summed E-state index contributed by atoms with van der Waals surface area (Å²) in [6, 6.07) is 0. The quantitative estimate of drug-likeness (QED) is 0.679. The third-order valence-electron chi connectivity index (χ3n) is 3.01. The third kappa shape index (κ3) is 4.87. The zero-order valence-corrected chi connectivity index (χ0v) is 13.1. The molecule has 0 spiro atoms. The second kappa shape index (κ2) is 8.81. The predicted octanol–water partition coefficient (Wildman–Crippen LogP) is 2.15. The van der Waals surface area contributed by atoms with E-state index in [1.807, 2.05) is 0 Å². The monoisotopic (exact) mass is 302 g/mol. The summed E-state index contributed by atoms with van der Waals surface area (Å²) in [6.07, 6.45) is 7.50. The number of aromatic nitrogens is 6. The van der Waals surface area contributed by atoms with Crippen LogP contribution >= 0.6 is 0 Å². The lowest BCUT2D eigenvalue weighted by Gasteiger charge is -2.06. The Hall–Kier alpha value is -2.38. The van der Waals surface area contributed by atoms with Crippen LogP contribution in [0.3, 0.4) is 0 Å². The molecule has 118 valence electrons. The largest absolute Gasteiger partial charge is 0.353 e. The molecule has 0 unspecified atom stereocenters. The van der Waals surface area contributed by atoms with E-state index < -0.39 is 0 Å². The highest BCUT2D eigenvalue weighted by molar-refractivity contribution is 5.54. The maximum absolute atomic E-state index is 4.41. The van der Waals surface area contributed by atoms with Gasteiger partial charge in [-0.25, -0.2) is 9.97 Å². The molecule has 0 aliphatic heterocycles. The molecule has 0 aliphatic rings. The number of nitrogens with zero attached hydrogens (tertiary/aromatic N) is 6. The summed E-state index contributed by atoms with van der Waals surface area (Å²) in [7, 11) is 0. The van der Waals surface area contributed by atoms with Gasteiger partial charge in [0.2, 0.25) is 11.9 Å². The fourth-order valence-corrected chi connectivity index (χ4v) is 1.76. The Balaban J connectivity index is 2.07. The normalized spacial score (nSPS) is 10.5. The van der Waals surface area contributed by atoms with E-state index in [1.165, 1.54) is 0 Å². The standard InChI is InChI=1S/C14H22N8/c1-3-5-7-15-13-19-11(9-17-21-13)12-10-18-22-14(20-12)16-8-6-4-2/h9-10H,3-8H2,1-2H3,(H,15,19,21)(H,16,20,22). The first-order valence-electron chi connectivity index (χ1n) is 7.71. The van der Waals surface area contributed by atoms with Crippen LogP contribution in [0.1, 0.15) is 39.5 Å². The van der Waals surface area contributed by atoms with Gasteiger partial charge in [0.25, 0.3) is 0 Å².